The number of nitrogens with one attached hydrogen (secondary N) is 1. The Kier molecular flexibility index (Phi) is 7.79. The molecule has 4 nitrogen and oxygen atoms in total. The number of hydrogen-bond acceptors (Lipinski definition) is 4. The molecule has 0 amide bonds. The maximum Gasteiger partial charge on any atom is 0.117 e. The normalized spacial score (nSPS) is 11.9. The summed E-state index contributed by atoms with van der Waals surface area (Å²) in [7, 11) is 4.26. The van der Waals surface area contributed by atoms with Gasteiger partial charge in [-0.2, -0.15) is 0 Å². The molecule has 1 heterocycles. The van der Waals surface area contributed by atoms with Gasteiger partial charge >= 0.3 is 0 Å². The van der Waals surface area contributed by atoms with Gasteiger partial charge < -0.3 is 19.5 Å². The molecule has 0 aromatic carbocycles. The molecule has 0 bridgehead atoms. The summed E-state index contributed by atoms with van der Waals surface area (Å²) < 4.78 is 5.30. The van der Waals surface area contributed by atoms with Crippen LogP contribution in [-0.2, 0) is 6.54 Å². The molecule has 0 radical (unpaired) electrons. The number of likely N-dealkylation sites (N-methyl/N-ethyl adjacent to an activating group) is 1. The van der Waals surface area contributed by atoms with Crippen molar-refractivity contribution in [2.45, 2.75) is 20.4 Å². The van der Waals surface area contributed by atoms with Gasteiger partial charge in [-0.05, 0) is 32.1 Å². The molecular formula is C15H29N3O. The third kappa shape index (κ3) is 8.03. The highest BCUT2D eigenvalue weighted by Gasteiger charge is 2.07. The fourth-order valence-electron chi connectivity index (χ4n) is 2.01. The maximum atomic E-state index is 5.30. The van der Waals surface area contributed by atoms with Crippen molar-refractivity contribution in [2.75, 3.05) is 46.8 Å². The summed E-state index contributed by atoms with van der Waals surface area (Å²) in [4.78, 5) is 4.77. The minimum atomic E-state index is 0.715. The van der Waals surface area contributed by atoms with E-state index in [-0.39, 0.29) is 0 Å². The van der Waals surface area contributed by atoms with Gasteiger partial charge in [0.25, 0.3) is 0 Å². The summed E-state index contributed by atoms with van der Waals surface area (Å²) in [6, 6.07) is 3.93. The molecule has 0 saturated carbocycles. The highest BCUT2D eigenvalue weighted by molar-refractivity contribution is 4.97. The lowest BCUT2D eigenvalue weighted by molar-refractivity contribution is 0.218. The van der Waals surface area contributed by atoms with Crippen LogP contribution in [0.4, 0.5) is 0 Å². The molecule has 1 aromatic rings. The third-order valence-electron chi connectivity index (χ3n) is 2.97. The Bertz CT molecular complexity index is 309. The Hall–Kier alpha value is -0.840. The Morgan fingerprint density at radius 3 is 2.58 bits per heavy atom. The number of hydrogen-bond donors (Lipinski definition) is 1. The van der Waals surface area contributed by atoms with Crippen LogP contribution in [0.25, 0.3) is 0 Å². The van der Waals surface area contributed by atoms with E-state index in [1.807, 2.05) is 12.1 Å². The van der Waals surface area contributed by atoms with Crippen molar-refractivity contribution in [1.82, 2.24) is 15.1 Å². The van der Waals surface area contributed by atoms with Crippen LogP contribution in [0.15, 0.2) is 22.8 Å². The smallest absolute Gasteiger partial charge is 0.117 e. The SMILES string of the molecule is CC(C)CN(CCNCc1ccco1)CCN(C)C. The average Bonchev–Trinajstić information content (AvgIpc) is 2.83. The molecule has 0 fully saturated rings. The van der Waals surface area contributed by atoms with Gasteiger partial charge in [0, 0.05) is 32.7 Å². The summed E-state index contributed by atoms with van der Waals surface area (Å²) in [5.41, 5.74) is 0. The summed E-state index contributed by atoms with van der Waals surface area (Å²) in [5.74, 6) is 1.72. The van der Waals surface area contributed by atoms with E-state index in [1.54, 1.807) is 6.26 Å². The standard InChI is InChI=1S/C15H29N3O/c1-14(2)13-18(10-9-17(3)4)8-7-16-12-15-6-5-11-19-15/h5-6,11,14,16H,7-10,12-13H2,1-4H3. The summed E-state index contributed by atoms with van der Waals surface area (Å²) in [6.45, 7) is 10.9. The monoisotopic (exact) mass is 267 g/mol. The summed E-state index contributed by atoms with van der Waals surface area (Å²) in [6.07, 6.45) is 1.72. The molecule has 0 aliphatic carbocycles. The van der Waals surface area contributed by atoms with Crippen LogP contribution >= 0.6 is 0 Å². The highest BCUT2D eigenvalue weighted by atomic mass is 16.3. The van der Waals surface area contributed by atoms with Crippen molar-refractivity contribution in [2.24, 2.45) is 5.92 Å². The minimum absolute atomic E-state index is 0.715. The van der Waals surface area contributed by atoms with Gasteiger partial charge in [0.15, 0.2) is 0 Å². The topological polar surface area (TPSA) is 31.6 Å². The van der Waals surface area contributed by atoms with Gasteiger partial charge in [-0.3, -0.25) is 0 Å². The first-order chi connectivity index (χ1) is 9.08. The fourth-order valence-corrected chi connectivity index (χ4v) is 2.01. The van der Waals surface area contributed by atoms with Gasteiger partial charge in [0.1, 0.15) is 5.76 Å². The van der Waals surface area contributed by atoms with Crippen molar-refractivity contribution >= 4 is 0 Å². The Labute approximate surface area is 117 Å². The molecular weight excluding hydrogens is 238 g/mol. The quantitative estimate of drug-likeness (QED) is 0.656. The first-order valence-corrected chi connectivity index (χ1v) is 7.18. The van der Waals surface area contributed by atoms with Gasteiger partial charge in [-0.15, -0.1) is 0 Å². The van der Waals surface area contributed by atoms with E-state index < -0.39 is 0 Å². The van der Waals surface area contributed by atoms with Gasteiger partial charge in [0.05, 0.1) is 12.8 Å². The Morgan fingerprint density at radius 1 is 1.21 bits per heavy atom. The lowest BCUT2D eigenvalue weighted by atomic mass is 10.2. The fraction of sp³-hybridized carbons (Fsp3) is 0.733. The summed E-state index contributed by atoms with van der Waals surface area (Å²) >= 11 is 0. The largest absolute Gasteiger partial charge is 0.468 e. The van der Waals surface area contributed by atoms with E-state index in [0.717, 1.165) is 45.0 Å². The van der Waals surface area contributed by atoms with E-state index >= 15 is 0 Å². The van der Waals surface area contributed by atoms with Crippen LogP contribution in [-0.4, -0.2) is 56.6 Å². The first kappa shape index (κ1) is 16.2. The van der Waals surface area contributed by atoms with Gasteiger partial charge in [-0.25, -0.2) is 0 Å². The van der Waals surface area contributed by atoms with Crippen molar-refractivity contribution < 1.29 is 4.42 Å². The molecule has 0 aliphatic rings. The second kappa shape index (κ2) is 9.13. The Morgan fingerprint density at radius 2 is 2.00 bits per heavy atom. The van der Waals surface area contributed by atoms with Crippen LogP contribution in [0.1, 0.15) is 19.6 Å². The van der Waals surface area contributed by atoms with Crippen LogP contribution < -0.4 is 5.32 Å². The van der Waals surface area contributed by atoms with Crippen LogP contribution in [0.3, 0.4) is 0 Å². The highest BCUT2D eigenvalue weighted by Crippen LogP contribution is 2.00. The van der Waals surface area contributed by atoms with E-state index in [4.69, 9.17) is 4.42 Å². The van der Waals surface area contributed by atoms with Crippen molar-refractivity contribution in [3.63, 3.8) is 0 Å². The molecule has 0 aliphatic heterocycles. The van der Waals surface area contributed by atoms with E-state index in [2.05, 4.69) is 43.1 Å². The second-order valence-corrected chi connectivity index (χ2v) is 5.75. The zero-order valence-corrected chi connectivity index (χ0v) is 12.9. The lowest BCUT2D eigenvalue weighted by Crippen LogP contribution is -2.38. The lowest BCUT2D eigenvalue weighted by Gasteiger charge is -2.25. The molecule has 0 unspecified atom stereocenters. The third-order valence-corrected chi connectivity index (χ3v) is 2.97. The molecule has 110 valence electrons. The molecule has 19 heavy (non-hydrogen) atoms. The second-order valence-electron chi connectivity index (χ2n) is 5.75. The number of furan rings is 1. The molecule has 4 heteroatoms. The van der Waals surface area contributed by atoms with E-state index in [1.165, 1.54) is 0 Å². The first-order valence-electron chi connectivity index (χ1n) is 7.18. The van der Waals surface area contributed by atoms with Crippen molar-refractivity contribution in [1.29, 1.82) is 0 Å². The van der Waals surface area contributed by atoms with Gasteiger partial charge in [-0.1, -0.05) is 13.8 Å². The van der Waals surface area contributed by atoms with E-state index in [0.29, 0.717) is 5.92 Å². The molecule has 1 N–H and O–H groups in total. The van der Waals surface area contributed by atoms with E-state index in [9.17, 15) is 0 Å². The van der Waals surface area contributed by atoms with Gasteiger partial charge in [0.2, 0.25) is 0 Å². The summed E-state index contributed by atoms with van der Waals surface area (Å²) in [5, 5.41) is 3.43. The number of nitrogens with zero attached hydrogens (tertiary/aromatic N) is 2. The van der Waals surface area contributed by atoms with Crippen LogP contribution in [0.2, 0.25) is 0 Å². The predicted octanol–water partition coefficient (Wildman–Crippen LogP) is 1.89. The van der Waals surface area contributed by atoms with Crippen molar-refractivity contribution in [3.05, 3.63) is 24.2 Å². The average molecular weight is 267 g/mol. The minimum Gasteiger partial charge on any atom is -0.468 e. The molecule has 0 atom stereocenters. The molecule has 1 rings (SSSR count). The number of rotatable bonds is 10. The molecule has 0 spiro atoms. The zero-order valence-electron chi connectivity index (χ0n) is 12.9. The maximum absolute atomic E-state index is 5.30. The zero-order chi connectivity index (χ0) is 14.1. The predicted molar refractivity (Wildman–Crippen MR) is 80.2 cm³/mol. The molecule has 1 aromatic heterocycles. The van der Waals surface area contributed by atoms with Crippen LogP contribution in [0.5, 0.6) is 0 Å². The Balaban J connectivity index is 2.19. The van der Waals surface area contributed by atoms with Crippen molar-refractivity contribution in [3.8, 4) is 0 Å². The molecule has 0 saturated heterocycles. The van der Waals surface area contributed by atoms with Crippen LogP contribution in [0, 0.1) is 5.92 Å².